The Bertz CT molecular complexity index is 553. The van der Waals surface area contributed by atoms with Gasteiger partial charge in [0.1, 0.15) is 0 Å². The van der Waals surface area contributed by atoms with Crippen LogP contribution >= 0.6 is 0 Å². The molecule has 1 aromatic carbocycles. The molecule has 0 aliphatic heterocycles. The number of benzene rings is 1. The fourth-order valence-corrected chi connectivity index (χ4v) is 1.18. The van der Waals surface area contributed by atoms with Crippen LogP contribution in [0.2, 0.25) is 0 Å². The number of hydrazone groups is 1. The highest BCUT2D eigenvalue weighted by Crippen LogP contribution is 2.15. The van der Waals surface area contributed by atoms with E-state index in [2.05, 4.69) is 15.3 Å². The molecule has 0 heterocycles. The van der Waals surface area contributed by atoms with Crippen LogP contribution in [-0.4, -0.2) is 35.2 Å². The van der Waals surface area contributed by atoms with E-state index < -0.39 is 28.1 Å². The number of nitrogens with one attached hydrogen (secondary N) is 1. The Hall–Kier alpha value is -3.04. The summed E-state index contributed by atoms with van der Waals surface area (Å²) in [7, 11) is 1.07. The highest BCUT2D eigenvalue weighted by molar-refractivity contribution is 6.37. The van der Waals surface area contributed by atoms with Gasteiger partial charge in [-0.2, -0.15) is 5.10 Å². The van der Waals surface area contributed by atoms with Crippen molar-refractivity contribution in [3.05, 3.63) is 44.5 Å². The van der Waals surface area contributed by atoms with Gasteiger partial charge in [-0.25, -0.2) is 4.79 Å². The van der Waals surface area contributed by atoms with Crippen LogP contribution in [0.1, 0.15) is 0 Å². The molecule has 10 heteroatoms. The SMILES string of the molecule is COC(=O)/C(C[N+](=O)[O-])=N\Nc1ccc([N+](=O)[O-])cc1. The minimum Gasteiger partial charge on any atom is -0.464 e. The Balaban J connectivity index is 2.83. The van der Waals surface area contributed by atoms with E-state index in [1.807, 2.05) is 0 Å². The summed E-state index contributed by atoms with van der Waals surface area (Å²) in [4.78, 5) is 30.8. The minimum atomic E-state index is -0.934. The molecule has 0 aromatic heterocycles. The van der Waals surface area contributed by atoms with Crippen molar-refractivity contribution in [2.45, 2.75) is 0 Å². The number of esters is 1. The smallest absolute Gasteiger partial charge is 0.361 e. The van der Waals surface area contributed by atoms with E-state index >= 15 is 0 Å². The molecule has 0 aliphatic carbocycles. The molecule has 0 atom stereocenters. The van der Waals surface area contributed by atoms with Gasteiger partial charge in [-0.05, 0) is 12.1 Å². The number of nitro groups is 2. The zero-order chi connectivity index (χ0) is 15.1. The van der Waals surface area contributed by atoms with Crippen LogP contribution in [0.5, 0.6) is 0 Å². The van der Waals surface area contributed by atoms with E-state index in [4.69, 9.17) is 0 Å². The topological polar surface area (TPSA) is 137 Å². The first kappa shape index (κ1) is 15.0. The molecule has 0 unspecified atom stereocenters. The molecule has 1 rings (SSSR count). The van der Waals surface area contributed by atoms with Gasteiger partial charge in [-0.1, -0.05) is 0 Å². The zero-order valence-corrected chi connectivity index (χ0v) is 10.3. The van der Waals surface area contributed by atoms with Gasteiger partial charge in [0.15, 0.2) is 0 Å². The van der Waals surface area contributed by atoms with Crippen LogP contribution in [0.4, 0.5) is 11.4 Å². The Labute approximate surface area is 112 Å². The lowest BCUT2D eigenvalue weighted by molar-refractivity contribution is -0.462. The third-order valence-corrected chi connectivity index (χ3v) is 2.10. The van der Waals surface area contributed by atoms with E-state index in [1.165, 1.54) is 24.3 Å². The summed E-state index contributed by atoms with van der Waals surface area (Å²) in [6, 6.07) is 5.15. The summed E-state index contributed by atoms with van der Waals surface area (Å²) in [6.45, 7) is -0.799. The average Bonchev–Trinajstić information content (AvgIpc) is 2.42. The maximum Gasteiger partial charge on any atom is 0.361 e. The number of carbonyl (C=O) groups excluding carboxylic acids is 1. The first-order valence-corrected chi connectivity index (χ1v) is 5.21. The number of methoxy groups -OCH3 is 1. The predicted octanol–water partition coefficient (Wildman–Crippen LogP) is 0.812. The van der Waals surface area contributed by atoms with Gasteiger partial charge in [0.25, 0.3) is 12.2 Å². The van der Waals surface area contributed by atoms with Crippen LogP contribution in [0.25, 0.3) is 0 Å². The standard InChI is InChI=1S/C10H10N4O6/c1-20-10(15)9(6-13(16)17)12-11-7-2-4-8(5-3-7)14(18)19/h2-5,11H,6H2,1H3/b12-9-. The van der Waals surface area contributed by atoms with Crippen molar-refractivity contribution in [2.24, 2.45) is 5.10 Å². The van der Waals surface area contributed by atoms with E-state index in [-0.39, 0.29) is 5.69 Å². The fraction of sp³-hybridized carbons (Fsp3) is 0.200. The monoisotopic (exact) mass is 282 g/mol. The second kappa shape index (κ2) is 6.78. The molecule has 0 aliphatic rings. The highest BCUT2D eigenvalue weighted by atomic mass is 16.6. The lowest BCUT2D eigenvalue weighted by Gasteiger charge is -2.02. The fourth-order valence-electron chi connectivity index (χ4n) is 1.18. The van der Waals surface area contributed by atoms with Gasteiger partial charge < -0.3 is 4.74 Å². The van der Waals surface area contributed by atoms with Crippen LogP contribution in [0, 0.1) is 20.2 Å². The van der Waals surface area contributed by atoms with Crippen molar-refractivity contribution in [1.29, 1.82) is 0 Å². The van der Waals surface area contributed by atoms with E-state index in [9.17, 15) is 25.0 Å². The third-order valence-electron chi connectivity index (χ3n) is 2.10. The van der Waals surface area contributed by atoms with E-state index in [0.29, 0.717) is 5.69 Å². The lowest BCUT2D eigenvalue weighted by atomic mass is 10.3. The van der Waals surface area contributed by atoms with Gasteiger partial charge >= 0.3 is 5.97 Å². The number of rotatable bonds is 6. The molecule has 1 aromatic rings. The number of anilines is 1. The number of hydrogen-bond donors (Lipinski definition) is 1. The first-order chi connectivity index (χ1) is 9.43. The molecular weight excluding hydrogens is 272 g/mol. The summed E-state index contributed by atoms with van der Waals surface area (Å²) < 4.78 is 4.35. The molecule has 0 bridgehead atoms. The van der Waals surface area contributed by atoms with Gasteiger partial charge in [0, 0.05) is 17.1 Å². The van der Waals surface area contributed by atoms with Crippen LogP contribution < -0.4 is 5.43 Å². The summed E-state index contributed by atoms with van der Waals surface area (Å²) in [5, 5.41) is 24.4. The van der Waals surface area contributed by atoms with Crippen LogP contribution in [-0.2, 0) is 9.53 Å². The molecule has 0 radical (unpaired) electrons. The Morgan fingerprint density at radius 1 is 1.30 bits per heavy atom. The molecule has 0 spiro atoms. The second-order valence-corrected chi connectivity index (χ2v) is 3.46. The van der Waals surface area contributed by atoms with E-state index in [1.54, 1.807) is 0 Å². The largest absolute Gasteiger partial charge is 0.464 e. The normalized spacial score (nSPS) is 10.8. The number of carbonyl (C=O) groups is 1. The molecule has 0 amide bonds. The molecule has 0 fully saturated rings. The van der Waals surface area contributed by atoms with Crippen molar-refractivity contribution in [3.63, 3.8) is 0 Å². The molecule has 0 saturated carbocycles. The quantitative estimate of drug-likeness (QED) is 0.352. The van der Waals surface area contributed by atoms with Crippen molar-refractivity contribution >= 4 is 23.1 Å². The summed E-state index contributed by atoms with van der Waals surface area (Å²) in [5.41, 5.74) is 2.19. The minimum absolute atomic E-state index is 0.113. The molecular formula is C10H10N4O6. The van der Waals surface area contributed by atoms with Crippen molar-refractivity contribution < 1.29 is 19.4 Å². The molecule has 0 saturated heterocycles. The molecule has 106 valence electrons. The number of hydrogen-bond acceptors (Lipinski definition) is 8. The Morgan fingerprint density at radius 2 is 1.90 bits per heavy atom. The summed E-state index contributed by atoms with van der Waals surface area (Å²) >= 11 is 0. The van der Waals surface area contributed by atoms with Gasteiger partial charge in [-0.3, -0.25) is 25.7 Å². The van der Waals surface area contributed by atoms with Gasteiger partial charge in [-0.15, -0.1) is 0 Å². The lowest BCUT2D eigenvalue weighted by Crippen LogP contribution is -2.25. The number of ether oxygens (including phenoxy) is 1. The Morgan fingerprint density at radius 3 is 2.35 bits per heavy atom. The third kappa shape index (κ3) is 4.33. The molecule has 20 heavy (non-hydrogen) atoms. The summed E-state index contributed by atoms with van der Waals surface area (Å²) in [5.74, 6) is -0.934. The number of nitro benzene ring substituents is 1. The van der Waals surface area contributed by atoms with Gasteiger partial charge in [0.05, 0.1) is 17.7 Å². The van der Waals surface area contributed by atoms with Crippen LogP contribution in [0.3, 0.4) is 0 Å². The molecule has 10 nitrogen and oxygen atoms in total. The van der Waals surface area contributed by atoms with Crippen molar-refractivity contribution in [2.75, 3.05) is 19.1 Å². The average molecular weight is 282 g/mol. The number of non-ortho nitro benzene ring substituents is 1. The van der Waals surface area contributed by atoms with Crippen molar-refractivity contribution in [3.8, 4) is 0 Å². The maximum atomic E-state index is 11.2. The molecule has 1 N–H and O–H groups in total. The van der Waals surface area contributed by atoms with E-state index in [0.717, 1.165) is 7.11 Å². The number of nitrogens with zero attached hydrogens (tertiary/aromatic N) is 3. The van der Waals surface area contributed by atoms with Crippen molar-refractivity contribution in [1.82, 2.24) is 0 Å². The first-order valence-electron chi connectivity index (χ1n) is 5.21. The summed E-state index contributed by atoms with van der Waals surface area (Å²) in [6.07, 6.45) is 0. The highest BCUT2D eigenvalue weighted by Gasteiger charge is 2.18. The van der Waals surface area contributed by atoms with Crippen LogP contribution in [0.15, 0.2) is 29.4 Å². The zero-order valence-electron chi connectivity index (χ0n) is 10.3. The predicted molar refractivity (Wildman–Crippen MR) is 68.0 cm³/mol. The Kier molecular flexibility index (Phi) is 5.09. The van der Waals surface area contributed by atoms with Gasteiger partial charge in [0.2, 0.25) is 5.71 Å². The second-order valence-electron chi connectivity index (χ2n) is 3.46. The maximum absolute atomic E-state index is 11.2.